The molecule has 1 aliphatic heterocycles. The molecule has 3 rings (SSSR count). The third kappa shape index (κ3) is 3.31. The molecule has 0 amide bonds. The Balaban J connectivity index is 1.69. The maximum atomic E-state index is 10.5. The average molecular weight is 288 g/mol. The van der Waals surface area contributed by atoms with Gasteiger partial charge in [0.1, 0.15) is 0 Å². The molecule has 116 valence electrons. The minimum Gasteiger partial charge on any atom is -0.391 e. The lowest BCUT2D eigenvalue weighted by Gasteiger charge is -2.46. The molecule has 0 bridgehead atoms. The van der Waals surface area contributed by atoms with E-state index in [2.05, 4.69) is 54.1 Å². The van der Waals surface area contributed by atoms with Crippen LogP contribution in [0, 0.1) is 0 Å². The lowest BCUT2D eigenvalue weighted by Crippen LogP contribution is -2.57. The number of hydrogen-bond donors (Lipinski definition) is 1. The molecular weight excluding hydrogens is 260 g/mol. The number of aliphatic hydroxyl groups excluding tert-OH is 1. The fourth-order valence-electron chi connectivity index (χ4n) is 3.93. The van der Waals surface area contributed by atoms with Crippen molar-refractivity contribution in [1.29, 1.82) is 0 Å². The third-order valence-electron chi connectivity index (χ3n) is 5.51. The summed E-state index contributed by atoms with van der Waals surface area (Å²) in [7, 11) is 2.20. The van der Waals surface area contributed by atoms with Crippen molar-refractivity contribution in [3.8, 4) is 0 Å². The molecule has 1 aliphatic carbocycles. The van der Waals surface area contributed by atoms with E-state index < -0.39 is 0 Å². The minimum absolute atomic E-state index is 0.152. The van der Waals surface area contributed by atoms with Gasteiger partial charge in [-0.25, -0.2) is 0 Å². The number of rotatable bonds is 2. The molecule has 3 heteroatoms. The molecule has 21 heavy (non-hydrogen) atoms. The van der Waals surface area contributed by atoms with Crippen LogP contribution in [-0.2, 0) is 0 Å². The van der Waals surface area contributed by atoms with Gasteiger partial charge in [-0.1, -0.05) is 30.3 Å². The quantitative estimate of drug-likeness (QED) is 0.905. The summed E-state index contributed by atoms with van der Waals surface area (Å²) in [6.45, 7) is 5.57. The lowest BCUT2D eigenvalue weighted by atomic mass is 9.79. The van der Waals surface area contributed by atoms with E-state index in [0.717, 1.165) is 38.9 Å². The first kappa shape index (κ1) is 15.0. The summed E-state index contributed by atoms with van der Waals surface area (Å²) in [5.41, 5.74) is 1.44. The number of aliphatic hydroxyl groups is 1. The Labute approximate surface area is 128 Å². The average Bonchev–Trinajstić information content (AvgIpc) is 2.51. The molecule has 0 spiro atoms. The summed E-state index contributed by atoms with van der Waals surface area (Å²) in [6, 6.07) is 11.8. The highest BCUT2D eigenvalue weighted by Gasteiger charge is 2.36. The standard InChI is InChI=1S/C18H28N2O/c1-14-13-20(11-10-19(14)2)17-12-16(8-9-18(17)21)15-6-4-3-5-7-15/h3-7,14,16-18,21H,8-13H2,1-2H3. The molecule has 2 fully saturated rings. The van der Waals surface area contributed by atoms with Gasteiger partial charge in [-0.3, -0.25) is 4.90 Å². The Bertz CT molecular complexity index is 450. The van der Waals surface area contributed by atoms with Crippen LogP contribution in [0.2, 0.25) is 0 Å². The van der Waals surface area contributed by atoms with Crippen LogP contribution in [0.3, 0.4) is 0 Å². The highest BCUT2D eigenvalue weighted by Crippen LogP contribution is 2.35. The Morgan fingerprint density at radius 2 is 1.86 bits per heavy atom. The van der Waals surface area contributed by atoms with Crippen LogP contribution in [0.25, 0.3) is 0 Å². The Morgan fingerprint density at radius 3 is 2.57 bits per heavy atom. The van der Waals surface area contributed by atoms with Gasteiger partial charge in [-0.2, -0.15) is 0 Å². The Kier molecular flexibility index (Phi) is 4.63. The van der Waals surface area contributed by atoms with Crippen molar-refractivity contribution in [3.63, 3.8) is 0 Å². The van der Waals surface area contributed by atoms with Crippen molar-refractivity contribution in [2.24, 2.45) is 0 Å². The van der Waals surface area contributed by atoms with Crippen LogP contribution in [0.4, 0.5) is 0 Å². The van der Waals surface area contributed by atoms with E-state index in [0.29, 0.717) is 18.0 Å². The number of likely N-dealkylation sites (N-methyl/N-ethyl adjacent to an activating group) is 1. The summed E-state index contributed by atoms with van der Waals surface area (Å²) in [5, 5.41) is 10.5. The number of benzene rings is 1. The zero-order valence-corrected chi connectivity index (χ0v) is 13.3. The van der Waals surface area contributed by atoms with E-state index in [1.54, 1.807) is 0 Å². The molecule has 0 aromatic heterocycles. The van der Waals surface area contributed by atoms with Gasteiger partial charge in [0.25, 0.3) is 0 Å². The molecule has 1 saturated carbocycles. The van der Waals surface area contributed by atoms with E-state index in [1.807, 2.05) is 0 Å². The van der Waals surface area contributed by atoms with Gasteiger partial charge in [-0.05, 0) is 44.7 Å². The summed E-state index contributed by atoms with van der Waals surface area (Å²) in [6.07, 6.45) is 3.00. The summed E-state index contributed by atoms with van der Waals surface area (Å²) in [5.74, 6) is 0.606. The smallest absolute Gasteiger partial charge is 0.0695 e. The summed E-state index contributed by atoms with van der Waals surface area (Å²) in [4.78, 5) is 4.95. The SMILES string of the molecule is CC1CN(C2CC(c3ccccc3)CCC2O)CCN1C. The van der Waals surface area contributed by atoms with E-state index >= 15 is 0 Å². The molecule has 1 saturated heterocycles. The van der Waals surface area contributed by atoms with Crippen LogP contribution in [0.1, 0.15) is 37.7 Å². The van der Waals surface area contributed by atoms with Gasteiger partial charge in [0.2, 0.25) is 0 Å². The van der Waals surface area contributed by atoms with Crippen LogP contribution in [0.15, 0.2) is 30.3 Å². The number of piperazine rings is 1. The van der Waals surface area contributed by atoms with Crippen molar-refractivity contribution in [1.82, 2.24) is 9.80 Å². The summed E-state index contributed by atoms with van der Waals surface area (Å²) >= 11 is 0. The normalized spacial score (nSPS) is 35.8. The summed E-state index contributed by atoms with van der Waals surface area (Å²) < 4.78 is 0. The maximum Gasteiger partial charge on any atom is 0.0695 e. The van der Waals surface area contributed by atoms with Crippen molar-refractivity contribution >= 4 is 0 Å². The molecule has 4 atom stereocenters. The van der Waals surface area contributed by atoms with Crippen LogP contribution in [0.5, 0.6) is 0 Å². The highest BCUT2D eigenvalue weighted by molar-refractivity contribution is 5.20. The number of nitrogens with zero attached hydrogens (tertiary/aromatic N) is 2. The predicted octanol–water partition coefficient (Wildman–Crippen LogP) is 2.32. The van der Waals surface area contributed by atoms with Gasteiger partial charge in [-0.15, -0.1) is 0 Å². The second-order valence-electron chi connectivity index (χ2n) is 6.88. The molecule has 2 aliphatic rings. The molecular formula is C18H28N2O. The Morgan fingerprint density at radius 1 is 1.10 bits per heavy atom. The van der Waals surface area contributed by atoms with Gasteiger partial charge >= 0.3 is 0 Å². The minimum atomic E-state index is -0.152. The second-order valence-corrected chi connectivity index (χ2v) is 6.88. The van der Waals surface area contributed by atoms with E-state index in [-0.39, 0.29) is 6.10 Å². The molecule has 0 radical (unpaired) electrons. The molecule has 1 N–H and O–H groups in total. The number of hydrogen-bond acceptors (Lipinski definition) is 3. The second kappa shape index (κ2) is 6.47. The van der Waals surface area contributed by atoms with Crippen LogP contribution >= 0.6 is 0 Å². The van der Waals surface area contributed by atoms with Gasteiger partial charge in [0.05, 0.1) is 6.10 Å². The molecule has 1 aromatic carbocycles. The van der Waals surface area contributed by atoms with Crippen molar-refractivity contribution < 1.29 is 5.11 Å². The first-order valence-electron chi connectivity index (χ1n) is 8.32. The zero-order chi connectivity index (χ0) is 14.8. The molecule has 1 aromatic rings. The topological polar surface area (TPSA) is 26.7 Å². The predicted molar refractivity (Wildman–Crippen MR) is 86.5 cm³/mol. The van der Waals surface area contributed by atoms with Gasteiger partial charge in [0, 0.05) is 31.7 Å². The zero-order valence-electron chi connectivity index (χ0n) is 13.3. The lowest BCUT2D eigenvalue weighted by molar-refractivity contribution is -0.0179. The van der Waals surface area contributed by atoms with Crippen molar-refractivity contribution in [2.75, 3.05) is 26.7 Å². The molecule has 3 nitrogen and oxygen atoms in total. The van der Waals surface area contributed by atoms with E-state index in [1.165, 1.54) is 5.56 Å². The fourth-order valence-corrected chi connectivity index (χ4v) is 3.93. The van der Waals surface area contributed by atoms with E-state index in [4.69, 9.17) is 0 Å². The Hall–Kier alpha value is -0.900. The van der Waals surface area contributed by atoms with E-state index in [9.17, 15) is 5.11 Å². The van der Waals surface area contributed by atoms with Crippen molar-refractivity contribution in [2.45, 2.75) is 50.3 Å². The maximum absolute atomic E-state index is 10.5. The largest absolute Gasteiger partial charge is 0.391 e. The molecule has 4 unspecified atom stereocenters. The highest BCUT2D eigenvalue weighted by atomic mass is 16.3. The first-order chi connectivity index (χ1) is 10.1. The first-order valence-corrected chi connectivity index (χ1v) is 8.32. The van der Waals surface area contributed by atoms with Gasteiger partial charge < -0.3 is 10.0 Å². The van der Waals surface area contributed by atoms with Crippen LogP contribution in [-0.4, -0.2) is 59.8 Å². The molecule has 1 heterocycles. The fraction of sp³-hybridized carbons (Fsp3) is 0.667. The van der Waals surface area contributed by atoms with Crippen LogP contribution < -0.4 is 0 Å². The third-order valence-corrected chi connectivity index (χ3v) is 5.51. The van der Waals surface area contributed by atoms with Crippen molar-refractivity contribution in [3.05, 3.63) is 35.9 Å². The monoisotopic (exact) mass is 288 g/mol. The van der Waals surface area contributed by atoms with Gasteiger partial charge in [0.15, 0.2) is 0 Å².